The normalized spacial score (nSPS) is 23.6. The Morgan fingerprint density at radius 3 is 2.47 bits per heavy atom. The van der Waals surface area contributed by atoms with Gasteiger partial charge >= 0.3 is 0 Å². The first-order chi connectivity index (χ1) is 9.11. The van der Waals surface area contributed by atoms with Gasteiger partial charge in [-0.3, -0.25) is 4.79 Å². The molecule has 0 radical (unpaired) electrons. The third kappa shape index (κ3) is 3.51. The van der Waals surface area contributed by atoms with Crippen LogP contribution in [-0.2, 0) is 0 Å². The highest BCUT2D eigenvalue weighted by Gasteiger charge is 2.24. The molecule has 0 saturated heterocycles. The van der Waals surface area contributed by atoms with Crippen LogP contribution in [-0.4, -0.2) is 34.6 Å². The first kappa shape index (κ1) is 14.4. The van der Waals surface area contributed by atoms with Crippen molar-refractivity contribution < 1.29 is 4.79 Å². The number of nitrogens with one attached hydrogen (secondary N) is 2. The summed E-state index contributed by atoms with van der Waals surface area (Å²) < 4.78 is 3.90. The molecule has 1 aromatic rings. The molecule has 0 aromatic carbocycles. The van der Waals surface area contributed by atoms with E-state index in [0.717, 1.165) is 31.4 Å². The zero-order valence-corrected chi connectivity index (χ0v) is 12.6. The second kappa shape index (κ2) is 6.43. The van der Waals surface area contributed by atoms with E-state index in [1.54, 1.807) is 0 Å². The first-order valence-corrected chi connectivity index (χ1v) is 7.69. The van der Waals surface area contributed by atoms with E-state index in [1.807, 2.05) is 20.9 Å². The fourth-order valence-electron chi connectivity index (χ4n) is 2.51. The quantitative estimate of drug-likeness (QED) is 0.885. The number of amides is 1. The summed E-state index contributed by atoms with van der Waals surface area (Å²) in [4.78, 5) is 12.9. The summed E-state index contributed by atoms with van der Waals surface area (Å²) in [6, 6.07) is 0.892. The molecule has 1 aliphatic rings. The van der Waals surface area contributed by atoms with Crippen LogP contribution in [0.2, 0.25) is 0 Å². The van der Waals surface area contributed by atoms with Gasteiger partial charge in [0.15, 0.2) is 0 Å². The van der Waals surface area contributed by atoms with Gasteiger partial charge in [0.25, 0.3) is 5.91 Å². The van der Waals surface area contributed by atoms with Crippen LogP contribution in [0.1, 0.15) is 60.8 Å². The number of hydrogen-bond acceptors (Lipinski definition) is 5. The Balaban J connectivity index is 1.93. The Morgan fingerprint density at radius 1 is 1.26 bits per heavy atom. The number of carbonyl (C=O) groups excluding carboxylic acids is 1. The van der Waals surface area contributed by atoms with Crippen LogP contribution in [0.25, 0.3) is 0 Å². The Labute approximate surface area is 118 Å². The fraction of sp³-hybridized carbons (Fsp3) is 0.769. The molecule has 1 amide bonds. The van der Waals surface area contributed by atoms with Crippen LogP contribution in [0.3, 0.4) is 0 Å². The molecule has 1 fully saturated rings. The van der Waals surface area contributed by atoms with Gasteiger partial charge in [-0.05, 0) is 50.2 Å². The lowest BCUT2D eigenvalue weighted by molar-refractivity contribution is 0.0927. The van der Waals surface area contributed by atoms with Crippen molar-refractivity contribution in [3.63, 3.8) is 0 Å². The summed E-state index contributed by atoms with van der Waals surface area (Å²) in [5.74, 6) is 0.228. The van der Waals surface area contributed by atoms with Crippen LogP contribution in [0.4, 0.5) is 0 Å². The van der Waals surface area contributed by atoms with Crippen molar-refractivity contribution in [2.24, 2.45) is 0 Å². The Bertz CT molecular complexity index is 424. The summed E-state index contributed by atoms with van der Waals surface area (Å²) >= 11 is 1.19. The molecule has 0 atom stereocenters. The van der Waals surface area contributed by atoms with E-state index in [1.165, 1.54) is 11.5 Å². The minimum absolute atomic E-state index is 0.00777. The van der Waals surface area contributed by atoms with E-state index < -0.39 is 0 Å². The van der Waals surface area contributed by atoms with Crippen molar-refractivity contribution >= 4 is 17.4 Å². The van der Waals surface area contributed by atoms with E-state index in [-0.39, 0.29) is 11.8 Å². The van der Waals surface area contributed by atoms with Crippen molar-refractivity contribution in [2.45, 2.75) is 57.5 Å². The molecule has 2 N–H and O–H groups in total. The number of nitrogens with zero attached hydrogens (tertiary/aromatic N) is 2. The van der Waals surface area contributed by atoms with Crippen LogP contribution in [0.15, 0.2) is 0 Å². The van der Waals surface area contributed by atoms with Crippen molar-refractivity contribution in [2.75, 3.05) is 7.05 Å². The number of rotatable bonds is 4. The van der Waals surface area contributed by atoms with E-state index in [4.69, 9.17) is 0 Å². The van der Waals surface area contributed by atoms with Gasteiger partial charge in [-0.15, -0.1) is 5.10 Å². The number of aromatic nitrogens is 2. The molecule has 1 heterocycles. The third-order valence-corrected chi connectivity index (χ3v) is 4.48. The lowest BCUT2D eigenvalue weighted by atomic mass is 9.91. The van der Waals surface area contributed by atoms with Gasteiger partial charge in [-0.2, -0.15) is 0 Å². The molecule has 19 heavy (non-hydrogen) atoms. The molecule has 0 bridgehead atoms. The summed E-state index contributed by atoms with van der Waals surface area (Å²) in [7, 11) is 2.00. The van der Waals surface area contributed by atoms with Crippen molar-refractivity contribution in [1.29, 1.82) is 0 Å². The van der Waals surface area contributed by atoms with Gasteiger partial charge in [0.2, 0.25) is 0 Å². The predicted octanol–water partition coefficient (Wildman–Crippen LogP) is 1.92. The smallest absolute Gasteiger partial charge is 0.265 e. The van der Waals surface area contributed by atoms with Gasteiger partial charge < -0.3 is 10.6 Å². The standard InChI is InChI=1S/C13H22N4OS/c1-8(2)11-12(19-17-16-11)13(18)15-10-6-4-9(14-3)5-7-10/h8-10,14H,4-7H2,1-3H3,(H,15,18). The maximum atomic E-state index is 12.3. The largest absolute Gasteiger partial charge is 0.348 e. The number of carbonyl (C=O) groups is 1. The highest BCUT2D eigenvalue weighted by atomic mass is 32.1. The van der Waals surface area contributed by atoms with Gasteiger partial charge in [-0.1, -0.05) is 18.3 Å². The molecule has 1 aromatic heterocycles. The SMILES string of the molecule is CNC1CCC(NC(=O)c2snnc2C(C)C)CC1. The van der Waals surface area contributed by atoms with Crippen LogP contribution in [0, 0.1) is 0 Å². The lowest BCUT2D eigenvalue weighted by Crippen LogP contribution is -2.41. The summed E-state index contributed by atoms with van der Waals surface area (Å²) in [6.45, 7) is 4.07. The van der Waals surface area contributed by atoms with Gasteiger partial charge in [0, 0.05) is 12.1 Å². The van der Waals surface area contributed by atoms with Crippen molar-refractivity contribution in [3.8, 4) is 0 Å². The molecule has 0 aliphatic heterocycles. The molecule has 106 valence electrons. The maximum Gasteiger partial charge on any atom is 0.265 e. The topological polar surface area (TPSA) is 66.9 Å². The molecular formula is C13H22N4OS. The molecule has 1 aliphatic carbocycles. The minimum Gasteiger partial charge on any atom is -0.348 e. The predicted molar refractivity (Wildman–Crippen MR) is 76.6 cm³/mol. The van der Waals surface area contributed by atoms with Crippen LogP contribution in [0.5, 0.6) is 0 Å². The molecule has 2 rings (SSSR count). The summed E-state index contributed by atoms with van der Waals surface area (Å²) in [5, 5.41) is 10.5. The highest BCUT2D eigenvalue weighted by Crippen LogP contribution is 2.22. The molecule has 1 saturated carbocycles. The lowest BCUT2D eigenvalue weighted by Gasteiger charge is -2.28. The monoisotopic (exact) mass is 282 g/mol. The average Bonchev–Trinajstić information content (AvgIpc) is 2.89. The van der Waals surface area contributed by atoms with Gasteiger partial charge in [0.05, 0.1) is 5.69 Å². The van der Waals surface area contributed by atoms with Crippen molar-refractivity contribution in [1.82, 2.24) is 20.2 Å². The highest BCUT2D eigenvalue weighted by molar-refractivity contribution is 7.08. The second-order valence-corrected chi connectivity index (χ2v) is 6.21. The maximum absolute atomic E-state index is 12.3. The van der Waals surface area contributed by atoms with E-state index in [0.29, 0.717) is 17.0 Å². The van der Waals surface area contributed by atoms with E-state index in [9.17, 15) is 4.79 Å². The Hall–Kier alpha value is -1.01. The van der Waals surface area contributed by atoms with Gasteiger partial charge in [-0.25, -0.2) is 0 Å². The average molecular weight is 282 g/mol. The molecule has 5 nitrogen and oxygen atoms in total. The van der Waals surface area contributed by atoms with Crippen LogP contribution < -0.4 is 10.6 Å². The van der Waals surface area contributed by atoms with Gasteiger partial charge in [0.1, 0.15) is 4.88 Å². The minimum atomic E-state index is -0.00777. The fourth-order valence-corrected chi connectivity index (χ4v) is 3.23. The number of hydrogen-bond donors (Lipinski definition) is 2. The third-order valence-electron chi connectivity index (χ3n) is 3.74. The molecular weight excluding hydrogens is 260 g/mol. The zero-order chi connectivity index (χ0) is 13.8. The Morgan fingerprint density at radius 2 is 1.89 bits per heavy atom. The van der Waals surface area contributed by atoms with Crippen molar-refractivity contribution in [3.05, 3.63) is 10.6 Å². The molecule has 6 heteroatoms. The molecule has 0 unspecified atom stereocenters. The summed E-state index contributed by atoms with van der Waals surface area (Å²) in [6.07, 6.45) is 4.33. The van der Waals surface area contributed by atoms with E-state index >= 15 is 0 Å². The second-order valence-electron chi connectivity index (χ2n) is 5.45. The Kier molecular flexibility index (Phi) is 4.87. The van der Waals surface area contributed by atoms with Crippen LogP contribution >= 0.6 is 11.5 Å². The zero-order valence-electron chi connectivity index (χ0n) is 11.8. The first-order valence-electron chi connectivity index (χ1n) is 6.92. The molecule has 0 spiro atoms. The summed E-state index contributed by atoms with van der Waals surface area (Å²) in [5.41, 5.74) is 0.811. The van der Waals surface area contributed by atoms with E-state index in [2.05, 4.69) is 20.2 Å².